The van der Waals surface area contributed by atoms with Gasteiger partial charge in [0.15, 0.2) is 0 Å². The number of aliphatic hydroxyl groups is 3. The average Bonchev–Trinajstić information content (AvgIpc) is 3.03. The third-order valence-corrected chi connectivity index (χ3v) is 8.54. The van der Waals surface area contributed by atoms with Crippen molar-refractivity contribution < 1.29 is 15.3 Å². The average molecular weight is 417 g/mol. The summed E-state index contributed by atoms with van der Waals surface area (Å²) < 4.78 is 0. The first kappa shape index (κ1) is 23.8. The number of hydrogen-bond donors (Lipinski definition) is 3. The van der Waals surface area contributed by atoms with E-state index in [0.29, 0.717) is 23.3 Å². The van der Waals surface area contributed by atoms with Gasteiger partial charge in [0, 0.05) is 6.42 Å². The van der Waals surface area contributed by atoms with Gasteiger partial charge < -0.3 is 15.3 Å². The van der Waals surface area contributed by atoms with Gasteiger partial charge in [-0.25, -0.2) is 0 Å². The van der Waals surface area contributed by atoms with Gasteiger partial charge in [-0.3, -0.25) is 0 Å². The van der Waals surface area contributed by atoms with Crippen molar-refractivity contribution in [2.24, 2.45) is 29.1 Å². The molecule has 0 amide bonds. The summed E-state index contributed by atoms with van der Waals surface area (Å²) in [7, 11) is 0. The normalized spacial score (nSPS) is 40.9. The number of allylic oxidation sites excluding steroid dienone is 3. The van der Waals surface area contributed by atoms with Crippen molar-refractivity contribution >= 4 is 0 Å². The monoisotopic (exact) mass is 416 g/mol. The van der Waals surface area contributed by atoms with Crippen LogP contribution < -0.4 is 0 Å². The molecule has 0 spiro atoms. The molecule has 3 aliphatic rings. The van der Waals surface area contributed by atoms with Gasteiger partial charge in [0.05, 0.1) is 6.10 Å². The largest absolute Gasteiger partial charge is 0.390 e. The Morgan fingerprint density at radius 2 is 1.83 bits per heavy atom. The maximum atomic E-state index is 10.4. The highest BCUT2D eigenvalue weighted by Gasteiger charge is 2.50. The molecule has 0 saturated heterocycles. The Kier molecular flexibility index (Phi) is 7.69. The summed E-state index contributed by atoms with van der Waals surface area (Å²) >= 11 is 0. The molecule has 3 saturated carbocycles. The van der Waals surface area contributed by atoms with Crippen LogP contribution in [0.2, 0.25) is 0 Å². The maximum Gasteiger partial charge on any atom is 0.110 e. The summed E-state index contributed by atoms with van der Waals surface area (Å²) in [6.07, 6.45) is 11.7. The Morgan fingerprint density at radius 3 is 2.53 bits per heavy atom. The number of hydrogen-bond acceptors (Lipinski definition) is 3. The molecule has 3 nitrogen and oxygen atoms in total. The minimum absolute atomic E-state index is 0.324. The van der Waals surface area contributed by atoms with Gasteiger partial charge in [0.1, 0.15) is 12.2 Å². The highest BCUT2D eigenvalue weighted by molar-refractivity contribution is 5.40. The zero-order chi connectivity index (χ0) is 22.1. The number of fused-ring (bicyclic) bond motifs is 1. The second-order valence-electron chi connectivity index (χ2n) is 11.1. The standard InChI is InChI=1S/C27H44O3/c1-17(2)8-6-9-18(3)22-13-14-23-20(10-7-15-27(22,23)5)11-12-21-19(4)16-24(28)26(30)25(21)29/h11-12,17-18,22-26,28-30H,4,6-10,13-16H2,1-3,5H3/t18-,22-,23?,24?,25?,26+,27-/m1/s1. The lowest BCUT2D eigenvalue weighted by atomic mass is 9.60. The quantitative estimate of drug-likeness (QED) is 0.531. The highest BCUT2D eigenvalue weighted by atomic mass is 16.4. The zero-order valence-corrected chi connectivity index (χ0v) is 19.6. The molecule has 0 radical (unpaired) electrons. The molecule has 3 N–H and O–H groups in total. The van der Waals surface area contributed by atoms with Crippen molar-refractivity contribution in [3.05, 3.63) is 35.5 Å². The summed E-state index contributed by atoms with van der Waals surface area (Å²) in [5.74, 6) is 3.02. The Balaban J connectivity index is 1.74. The summed E-state index contributed by atoms with van der Waals surface area (Å²) in [5, 5.41) is 30.3. The van der Waals surface area contributed by atoms with Crippen molar-refractivity contribution in [1.82, 2.24) is 0 Å². The van der Waals surface area contributed by atoms with E-state index in [1.807, 2.05) is 6.08 Å². The van der Waals surface area contributed by atoms with Crippen molar-refractivity contribution in [3.8, 4) is 0 Å². The van der Waals surface area contributed by atoms with Gasteiger partial charge in [-0.2, -0.15) is 0 Å². The lowest BCUT2D eigenvalue weighted by Gasteiger charge is -2.44. The summed E-state index contributed by atoms with van der Waals surface area (Å²) in [6.45, 7) is 13.7. The molecule has 3 unspecified atom stereocenters. The fraction of sp³-hybridized carbons (Fsp3) is 0.778. The Hall–Kier alpha value is -0.900. The van der Waals surface area contributed by atoms with Crippen LogP contribution in [0.4, 0.5) is 0 Å². The van der Waals surface area contributed by atoms with Crippen LogP contribution in [0.15, 0.2) is 35.5 Å². The molecule has 0 aromatic heterocycles. The van der Waals surface area contributed by atoms with Gasteiger partial charge in [0.25, 0.3) is 0 Å². The Morgan fingerprint density at radius 1 is 1.10 bits per heavy atom. The molecule has 170 valence electrons. The molecule has 0 aliphatic heterocycles. The topological polar surface area (TPSA) is 60.7 Å². The van der Waals surface area contributed by atoms with E-state index in [4.69, 9.17) is 0 Å². The summed E-state index contributed by atoms with van der Waals surface area (Å²) in [4.78, 5) is 0. The van der Waals surface area contributed by atoms with Crippen molar-refractivity contribution in [2.45, 2.75) is 104 Å². The van der Waals surface area contributed by atoms with E-state index in [-0.39, 0.29) is 0 Å². The minimum Gasteiger partial charge on any atom is -0.390 e. The molecular weight excluding hydrogens is 372 g/mol. The molecule has 3 aliphatic carbocycles. The molecule has 7 atom stereocenters. The van der Waals surface area contributed by atoms with Crippen LogP contribution in [0.25, 0.3) is 0 Å². The lowest BCUT2D eigenvalue weighted by Crippen LogP contribution is -2.43. The van der Waals surface area contributed by atoms with Gasteiger partial charge >= 0.3 is 0 Å². The van der Waals surface area contributed by atoms with Gasteiger partial charge in [-0.15, -0.1) is 0 Å². The molecule has 0 heterocycles. The number of aliphatic hydroxyl groups excluding tert-OH is 3. The molecule has 30 heavy (non-hydrogen) atoms. The summed E-state index contributed by atoms with van der Waals surface area (Å²) in [6, 6.07) is 0. The second kappa shape index (κ2) is 9.71. The van der Waals surface area contributed by atoms with Crippen LogP contribution in [0.3, 0.4) is 0 Å². The number of rotatable bonds is 6. The van der Waals surface area contributed by atoms with Crippen molar-refractivity contribution in [2.75, 3.05) is 0 Å². The molecule has 0 aromatic rings. The van der Waals surface area contributed by atoms with Crippen LogP contribution >= 0.6 is 0 Å². The second-order valence-corrected chi connectivity index (χ2v) is 11.1. The molecule has 3 rings (SSSR count). The third kappa shape index (κ3) is 4.79. The molecule has 0 aromatic carbocycles. The zero-order valence-electron chi connectivity index (χ0n) is 19.6. The smallest absolute Gasteiger partial charge is 0.110 e. The first-order valence-corrected chi connectivity index (χ1v) is 12.3. The van der Waals surface area contributed by atoms with E-state index in [2.05, 4.69) is 40.3 Å². The molecule has 3 heteroatoms. The predicted octanol–water partition coefficient (Wildman–Crippen LogP) is 5.56. The fourth-order valence-electron chi connectivity index (χ4n) is 6.77. The Bertz CT molecular complexity index is 676. The molecule has 3 fully saturated rings. The molecular formula is C27H44O3. The first-order chi connectivity index (χ1) is 14.1. The SMILES string of the molecule is C=C1CC(O)[C@H](O)C(O)C1=CC=C1CCC[C@@]2(C)C1CC[C@@H]2[C@H](C)CCCC(C)C. The van der Waals surface area contributed by atoms with Crippen LogP contribution in [0.1, 0.15) is 85.5 Å². The van der Waals surface area contributed by atoms with E-state index in [1.54, 1.807) is 0 Å². The minimum atomic E-state index is -1.13. The summed E-state index contributed by atoms with van der Waals surface area (Å²) in [5.41, 5.74) is 3.31. The van der Waals surface area contributed by atoms with Crippen molar-refractivity contribution in [3.63, 3.8) is 0 Å². The van der Waals surface area contributed by atoms with Gasteiger partial charge in [0.2, 0.25) is 0 Å². The van der Waals surface area contributed by atoms with Crippen LogP contribution in [-0.4, -0.2) is 33.6 Å². The van der Waals surface area contributed by atoms with Gasteiger partial charge in [-0.1, -0.05) is 71.3 Å². The maximum absolute atomic E-state index is 10.4. The van der Waals surface area contributed by atoms with Crippen LogP contribution in [0, 0.1) is 29.1 Å². The lowest BCUT2D eigenvalue weighted by molar-refractivity contribution is -0.0531. The van der Waals surface area contributed by atoms with E-state index in [9.17, 15) is 15.3 Å². The van der Waals surface area contributed by atoms with Crippen molar-refractivity contribution in [1.29, 1.82) is 0 Å². The van der Waals surface area contributed by atoms with Gasteiger partial charge in [-0.05, 0) is 72.3 Å². The first-order valence-electron chi connectivity index (χ1n) is 12.3. The van der Waals surface area contributed by atoms with Crippen LogP contribution in [0.5, 0.6) is 0 Å². The third-order valence-electron chi connectivity index (χ3n) is 8.54. The van der Waals surface area contributed by atoms with E-state index < -0.39 is 18.3 Å². The fourth-order valence-corrected chi connectivity index (χ4v) is 6.77. The molecule has 0 bridgehead atoms. The van der Waals surface area contributed by atoms with Crippen LogP contribution in [-0.2, 0) is 0 Å². The van der Waals surface area contributed by atoms with E-state index >= 15 is 0 Å². The predicted molar refractivity (Wildman–Crippen MR) is 124 cm³/mol. The Labute approximate surface area is 184 Å². The van der Waals surface area contributed by atoms with E-state index in [1.165, 1.54) is 50.5 Å². The highest BCUT2D eigenvalue weighted by Crippen LogP contribution is 2.59. The van der Waals surface area contributed by atoms with E-state index in [0.717, 1.165) is 29.7 Å².